The molecular weight excluding hydrogens is 332 g/mol. The maximum Gasteiger partial charge on any atom is 0.273 e. The number of carbonyl (C=O) groups is 1. The standard InChI is InChI=1S/C19H20N4O3/c1-12-8-14(9-17(24)21(12)3)26-15-10-22(11-15)19(25)18-13(2)20-16-6-4-5-7-23(16)18/h4-9,15H,10-11H2,1-3H3. The summed E-state index contributed by atoms with van der Waals surface area (Å²) < 4.78 is 9.23. The van der Waals surface area contributed by atoms with Crippen molar-refractivity contribution in [3.8, 4) is 5.75 Å². The predicted octanol–water partition coefficient (Wildman–Crippen LogP) is 1.55. The molecule has 1 amide bonds. The number of aromatic nitrogens is 3. The van der Waals surface area contributed by atoms with Gasteiger partial charge in [-0.1, -0.05) is 6.07 Å². The van der Waals surface area contributed by atoms with Crippen LogP contribution in [0.25, 0.3) is 5.65 Å². The van der Waals surface area contributed by atoms with Crippen LogP contribution in [0, 0.1) is 13.8 Å². The zero-order chi connectivity index (χ0) is 18.4. The molecule has 0 saturated carbocycles. The van der Waals surface area contributed by atoms with E-state index in [0.717, 1.165) is 11.3 Å². The highest BCUT2D eigenvalue weighted by atomic mass is 16.5. The SMILES string of the molecule is Cc1nc2ccccn2c1C(=O)N1CC(Oc2cc(C)n(C)c(=O)c2)C1. The number of aryl methyl sites for hydroxylation is 2. The summed E-state index contributed by atoms with van der Waals surface area (Å²) in [6, 6.07) is 8.97. The van der Waals surface area contributed by atoms with E-state index >= 15 is 0 Å². The number of imidazole rings is 1. The quantitative estimate of drug-likeness (QED) is 0.717. The molecule has 26 heavy (non-hydrogen) atoms. The molecule has 0 bridgehead atoms. The number of fused-ring (bicyclic) bond motifs is 1. The molecular formula is C19H20N4O3. The zero-order valence-corrected chi connectivity index (χ0v) is 15.0. The van der Waals surface area contributed by atoms with Gasteiger partial charge in [0.15, 0.2) is 0 Å². The average molecular weight is 352 g/mol. The molecule has 1 aliphatic heterocycles. The van der Waals surface area contributed by atoms with Crippen molar-refractivity contribution in [1.82, 2.24) is 18.9 Å². The van der Waals surface area contributed by atoms with Gasteiger partial charge in [0.1, 0.15) is 23.2 Å². The minimum Gasteiger partial charge on any atom is -0.486 e. The van der Waals surface area contributed by atoms with E-state index < -0.39 is 0 Å². The van der Waals surface area contributed by atoms with Crippen molar-refractivity contribution >= 4 is 11.6 Å². The van der Waals surface area contributed by atoms with E-state index in [1.165, 1.54) is 6.07 Å². The van der Waals surface area contributed by atoms with Crippen LogP contribution >= 0.6 is 0 Å². The van der Waals surface area contributed by atoms with Gasteiger partial charge in [-0.3, -0.25) is 14.0 Å². The number of hydrogen-bond acceptors (Lipinski definition) is 4. The molecule has 3 aromatic rings. The second-order valence-electron chi connectivity index (χ2n) is 6.65. The minimum absolute atomic E-state index is 0.0544. The summed E-state index contributed by atoms with van der Waals surface area (Å²) in [6.07, 6.45) is 1.74. The summed E-state index contributed by atoms with van der Waals surface area (Å²) in [7, 11) is 1.73. The number of nitrogens with zero attached hydrogens (tertiary/aromatic N) is 4. The fourth-order valence-electron chi connectivity index (χ4n) is 3.20. The second kappa shape index (κ2) is 6.01. The lowest BCUT2D eigenvalue weighted by molar-refractivity contribution is 0.0171. The van der Waals surface area contributed by atoms with Gasteiger partial charge < -0.3 is 14.2 Å². The summed E-state index contributed by atoms with van der Waals surface area (Å²) >= 11 is 0. The molecule has 0 unspecified atom stereocenters. The average Bonchev–Trinajstić information content (AvgIpc) is 2.90. The Hall–Kier alpha value is -3.09. The first-order chi connectivity index (χ1) is 12.4. The smallest absolute Gasteiger partial charge is 0.273 e. The molecule has 0 radical (unpaired) electrons. The van der Waals surface area contributed by atoms with Crippen molar-refractivity contribution < 1.29 is 9.53 Å². The molecule has 1 aliphatic rings. The Morgan fingerprint density at radius 2 is 2.00 bits per heavy atom. The Balaban J connectivity index is 1.47. The molecule has 134 valence electrons. The first-order valence-corrected chi connectivity index (χ1v) is 8.51. The molecule has 0 atom stereocenters. The predicted molar refractivity (Wildman–Crippen MR) is 96.7 cm³/mol. The molecule has 0 spiro atoms. The normalized spacial score (nSPS) is 14.5. The number of amides is 1. The van der Waals surface area contributed by atoms with Crippen molar-refractivity contribution in [1.29, 1.82) is 0 Å². The van der Waals surface area contributed by atoms with Gasteiger partial charge in [-0.15, -0.1) is 0 Å². The molecule has 3 aromatic heterocycles. The van der Waals surface area contributed by atoms with Gasteiger partial charge in [0.25, 0.3) is 11.5 Å². The van der Waals surface area contributed by atoms with E-state index in [1.54, 1.807) is 16.5 Å². The number of likely N-dealkylation sites (tertiary alicyclic amines) is 1. The molecule has 7 nitrogen and oxygen atoms in total. The topological polar surface area (TPSA) is 68.8 Å². The van der Waals surface area contributed by atoms with Crippen LogP contribution in [0.4, 0.5) is 0 Å². The largest absolute Gasteiger partial charge is 0.486 e. The lowest BCUT2D eigenvalue weighted by atomic mass is 10.1. The van der Waals surface area contributed by atoms with E-state index in [1.807, 2.05) is 48.7 Å². The van der Waals surface area contributed by atoms with Gasteiger partial charge in [0.2, 0.25) is 0 Å². The highest BCUT2D eigenvalue weighted by Gasteiger charge is 2.35. The van der Waals surface area contributed by atoms with Crippen molar-refractivity contribution in [3.63, 3.8) is 0 Å². The lowest BCUT2D eigenvalue weighted by Gasteiger charge is -2.38. The molecule has 1 saturated heterocycles. The summed E-state index contributed by atoms with van der Waals surface area (Å²) in [6.45, 7) is 4.69. The van der Waals surface area contributed by atoms with Crippen LogP contribution in [0.1, 0.15) is 21.9 Å². The summed E-state index contributed by atoms with van der Waals surface area (Å²) in [5, 5.41) is 0. The number of pyridine rings is 2. The third-order valence-electron chi connectivity index (χ3n) is 4.82. The Kier molecular flexibility index (Phi) is 3.79. The van der Waals surface area contributed by atoms with Crippen LogP contribution < -0.4 is 10.3 Å². The minimum atomic E-state index is -0.107. The second-order valence-corrected chi connectivity index (χ2v) is 6.65. The first kappa shape index (κ1) is 16.4. The molecule has 4 rings (SSSR count). The molecule has 4 heterocycles. The molecule has 1 fully saturated rings. The molecule has 0 aromatic carbocycles. The summed E-state index contributed by atoms with van der Waals surface area (Å²) in [4.78, 5) is 30.9. The van der Waals surface area contributed by atoms with Crippen LogP contribution in [-0.2, 0) is 7.05 Å². The first-order valence-electron chi connectivity index (χ1n) is 8.51. The van der Waals surface area contributed by atoms with Gasteiger partial charge in [-0.05, 0) is 32.0 Å². The van der Waals surface area contributed by atoms with Crippen molar-refractivity contribution in [3.05, 3.63) is 64.0 Å². The van der Waals surface area contributed by atoms with Crippen LogP contribution in [0.2, 0.25) is 0 Å². The fourth-order valence-corrected chi connectivity index (χ4v) is 3.20. The molecule has 7 heteroatoms. The Bertz CT molecular complexity index is 1060. The Morgan fingerprint density at radius 3 is 2.73 bits per heavy atom. The van der Waals surface area contributed by atoms with E-state index in [-0.39, 0.29) is 17.6 Å². The monoisotopic (exact) mass is 352 g/mol. The van der Waals surface area contributed by atoms with Crippen molar-refractivity contribution in [2.45, 2.75) is 20.0 Å². The van der Waals surface area contributed by atoms with Crippen molar-refractivity contribution in [2.24, 2.45) is 7.05 Å². The van der Waals surface area contributed by atoms with Crippen LogP contribution in [-0.4, -0.2) is 44.0 Å². The van der Waals surface area contributed by atoms with Crippen LogP contribution in [0.5, 0.6) is 5.75 Å². The number of hydrogen-bond donors (Lipinski definition) is 0. The maximum atomic E-state index is 12.8. The van der Waals surface area contributed by atoms with Gasteiger partial charge in [0.05, 0.1) is 18.8 Å². The van der Waals surface area contributed by atoms with Gasteiger partial charge in [-0.25, -0.2) is 4.98 Å². The van der Waals surface area contributed by atoms with E-state index in [0.29, 0.717) is 30.2 Å². The van der Waals surface area contributed by atoms with Gasteiger partial charge in [-0.2, -0.15) is 0 Å². The highest BCUT2D eigenvalue weighted by molar-refractivity contribution is 5.95. The van der Waals surface area contributed by atoms with Gasteiger partial charge in [0, 0.05) is 25.0 Å². The third-order valence-corrected chi connectivity index (χ3v) is 4.82. The Morgan fingerprint density at radius 1 is 1.23 bits per heavy atom. The van der Waals surface area contributed by atoms with Crippen LogP contribution in [0.15, 0.2) is 41.3 Å². The fraction of sp³-hybridized carbons (Fsp3) is 0.316. The number of rotatable bonds is 3. The van der Waals surface area contributed by atoms with E-state index in [9.17, 15) is 9.59 Å². The highest BCUT2D eigenvalue weighted by Crippen LogP contribution is 2.21. The Labute approximate surface area is 150 Å². The zero-order valence-electron chi connectivity index (χ0n) is 15.0. The van der Waals surface area contributed by atoms with E-state index in [2.05, 4.69) is 4.98 Å². The third kappa shape index (κ3) is 2.65. The molecule has 0 N–H and O–H groups in total. The lowest BCUT2D eigenvalue weighted by Crippen LogP contribution is -2.56. The van der Waals surface area contributed by atoms with E-state index in [4.69, 9.17) is 4.74 Å². The number of carbonyl (C=O) groups excluding carboxylic acids is 1. The van der Waals surface area contributed by atoms with Gasteiger partial charge >= 0.3 is 0 Å². The molecule has 0 aliphatic carbocycles. The van der Waals surface area contributed by atoms with Crippen LogP contribution in [0.3, 0.4) is 0 Å². The summed E-state index contributed by atoms with van der Waals surface area (Å²) in [5.74, 6) is 0.495. The summed E-state index contributed by atoms with van der Waals surface area (Å²) in [5.41, 5.74) is 2.79. The maximum absolute atomic E-state index is 12.8. The number of ether oxygens (including phenoxy) is 1. The van der Waals surface area contributed by atoms with Crippen molar-refractivity contribution in [2.75, 3.05) is 13.1 Å².